The Morgan fingerprint density at radius 3 is 2.50 bits per heavy atom. The summed E-state index contributed by atoms with van der Waals surface area (Å²) >= 11 is 0. The highest BCUT2D eigenvalue weighted by molar-refractivity contribution is 6.02. The third kappa shape index (κ3) is 4.60. The Balaban J connectivity index is 1.79. The maximum Gasteiger partial charge on any atom is 0.252 e. The topological polar surface area (TPSA) is 106 Å². The molecule has 180 valence electrons. The maximum absolute atomic E-state index is 13.6. The van der Waals surface area contributed by atoms with E-state index in [1.165, 1.54) is 18.5 Å². The number of carbonyl (C=O) groups excluding carboxylic acids is 2. The van der Waals surface area contributed by atoms with Crippen molar-refractivity contribution in [2.24, 2.45) is 5.73 Å². The van der Waals surface area contributed by atoms with Gasteiger partial charge in [0.25, 0.3) is 5.91 Å². The van der Waals surface area contributed by atoms with Gasteiger partial charge in [0.05, 0.1) is 23.0 Å². The largest absolute Gasteiger partial charge is 0.365 e. The van der Waals surface area contributed by atoms with E-state index in [4.69, 9.17) is 5.73 Å². The van der Waals surface area contributed by atoms with Crippen molar-refractivity contribution in [2.75, 3.05) is 4.90 Å². The third-order valence-electron chi connectivity index (χ3n) is 6.58. The van der Waals surface area contributed by atoms with E-state index < -0.39 is 11.9 Å². The number of primary amides is 1. The molecule has 0 radical (unpaired) electrons. The summed E-state index contributed by atoms with van der Waals surface area (Å²) in [7, 11) is 0. The summed E-state index contributed by atoms with van der Waals surface area (Å²) < 4.78 is 15.3. The van der Waals surface area contributed by atoms with Crippen molar-refractivity contribution in [3.8, 4) is 11.1 Å². The lowest BCUT2D eigenvalue weighted by Gasteiger charge is -2.41. The fraction of sp³-hybridized carbons (Fsp3) is 0.440. The highest BCUT2D eigenvalue weighted by Gasteiger charge is 2.32. The second-order valence-electron chi connectivity index (χ2n) is 9.36. The van der Waals surface area contributed by atoms with E-state index in [1.807, 2.05) is 19.2 Å². The minimum Gasteiger partial charge on any atom is -0.365 e. The zero-order valence-electron chi connectivity index (χ0n) is 20.0. The molecule has 1 fully saturated rings. The molecular formula is C25H31FN6O2. The Hall–Kier alpha value is -3.49. The van der Waals surface area contributed by atoms with Gasteiger partial charge in [-0.1, -0.05) is 0 Å². The molecule has 8 nitrogen and oxygen atoms in total. The molecule has 1 aliphatic rings. The van der Waals surface area contributed by atoms with Gasteiger partial charge < -0.3 is 16.0 Å². The van der Waals surface area contributed by atoms with Crippen molar-refractivity contribution in [2.45, 2.75) is 71.5 Å². The molecule has 0 saturated heterocycles. The van der Waals surface area contributed by atoms with Gasteiger partial charge in [-0.15, -0.1) is 0 Å². The van der Waals surface area contributed by atoms with Crippen molar-refractivity contribution in [1.82, 2.24) is 19.9 Å². The fourth-order valence-corrected chi connectivity index (χ4v) is 5.11. The predicted molar refractivity (Wildman–Crippen MR) is 129 cm³/mol. The number of aryl methyl sites for hydroxylation is 1. The Labute approximate surface area is 198 Å². The van der Waals surface area contributed by atoms with E-state index in [-0.39, 0.29) is 24.0 Å². The van der Waals surface area contributed by atoms with Gasteiger partial charge in [0.1, 0.15) is 0 Å². The van der Waals surface area contributed by atoms with Crippen LogP contribution in [0.25, 0.3) is 16.6 Å². The average molecular weight is 467 g/mol. The molecule has 0 spiro atoms. The monoisotopic (exact) mass is 466 g/mol. The van der Waals surface area contributed by atoms with E-state index in [0.717, 1.165) is 53.6 Å². The normalized spacial score (nSPS) is 18.3. The van der Waals surface area contributed by atoms with E-state index in [1.54, 1.807) is 11.4 Å². The van der Waals surface area contributed by atoms with Crippen LogP contribution in [0.1, 0.15) is 62.4 Å². The first-order chi connectivity index (χ1) is 16.2. The molecule has 9 heteroatoms. The second-order valence-corrected chi connectivity index (χ2v) is 9.36. The summed E-state index contributed by atoms with van der Waals surface area (Å²) in [6.45, 7) is 7.57. The lowest BCUT2D eigenvalue weighted by atomic mass is 9.88. The average Bonchev–Trinajstić information content (AvgIpc) is 3.18. The van der Waals surface area contributed by atoms with Crippen LogP contribution >= 0.6 is 0 Å². The summed E-state index contributed by atoms with van der Waals surface area (Å²) in [5.41, 5.74) is 10.1. The van der Waals surface area contributed by atoms with Crippen LogP contribution in [0.2, 0.25) is 0 Å². The Bertz CT molecular complexity index is 1230. The minimum atomic E-state index is -0.537. The molecule has 0 atom stereocenters. The van der Waals surface area contributed by atoms with Gasteiger partial charge in [-0.2, -0.15) is 9.49 Å². The number of anilines is 1. The molecular weight excluding hydrogens is 435 g/mol. The number of amides is 2. The van der Waals surface area contributed by atoms with E-state index in [0.29, 0.717) is 5.56 Å². The van der Waals surface area contributed by atoms with Crippen LogP contribution in [0.4, 0.5) is 10.1 Å². The summed E-state index contributed by atoms with van der Waals surface area (Å²) in [4.78, 5) is 30.0. The standard InChI is InChI=1S/C25H31FN6O2/c1-14(2)32(19-7-5-18(6-8-19)30-16(4)33)24-21(25(27)34)12-29-31-13-17(10-22(24)31)20-11-28-23(26)9-15(20)3/h9-14,18-19H,5-8H2,1-4H3,(H2,27,34)(H,30,33). The molecule has 4 rings (SSSR count). The smallest absolute Gasteiger partial charge is 0.252 e. The second kappa shape index (κ2) is 9.40. The summed E-state index contributed by atoms with van der Waals surface area (Å²) in [5.74, 6) is -1.08. The van der Waals surface area contributed by atoms with Crippen LogP contribution in [0, 0.1) is 12.9 Å². The van der Waals surface area contributed by atoms with Crippen molar-refractivity contribution in [1.29, 1.82) is 0 Å². The molecule has 3 aromatic heterocycles. The number of rotatable bonds is 6. The number of carbonyl (C=O) groups is 2. The number of pyridine rings is 1. The van der Waals surface area contributed by atoms with E-state index in [9.17, 15) is 14.0 Å². The van der Waals surface area contributed by atoms with E-state index >= 15 is 0 Å². The third-order valence-corrected chi connectivity index (χ3v) is 6.58. The summed E-state index contributed by atoms with van der Waals surface area (Å²) in [5, 5.41) is 7.46. The first kappa shape index (κ1) is 23.7. The number of aromatic nitrogens is 3. The van der Waals surface area contributed by atoms with Crippen LogP contribution in [-0.4, -0.2) is 44.5 Å². The van der Waals surface area contributed by atoms with Crippen LogP contribution in [0.3, 0.4) is 0 Å². The van der Waals surface area contributed by atoms with Crippen LogP contribution < -0.4 is 16.0 Å². The lowest BCUT2D eigenvalue weighted by molar-refractivity contribution is -0.119. The number of halogens is 1. The van der Waals surface area contributed by atoms with Gasteiger partial charge in [0.15, 0.2) is 0 Å². The molecule has 2 amide bonds. The number of nitrogens with one attached hydrogen (secondary N) is 1. The minimum absolute atomic E-state index is 0.0117. The maximum atomic E-state index is 13.6. The number of hydrogen-bond donors (Lipinski definition) is 2. The fourth-order valence-electron chi connectivity index (χ4n) is 5.11. The number of hydrogen-bond acceptors (Lipinski definition) is 5. The van der Waals surface area contributed by atoms with Gasteiger partial charge in [-0.3, -0.25) is 9.59 Å². The molecule has 0 unspecified atom stereocenters. The van der Waals surface area contributed by atoms with Gasteiger partial charge in [-0.25, -0.2) is 9.50 Å². The number of nitrogens with zero attached hydrogens (tertiary/aromatic N) is 4. The number of fused-ring (bicyclic) bond motifs is 1. The van der Waals surface area contributed by atoms with Crippen molar-refractivity contribution < 1.29 is 14.0 Å². The molecule has 34 heavy (non-hydrogen) atoms. The molecule has 1 aliphatic carbocycles. The Morgan fingerprint density at radius 2 is 1.91 bits per heavy atom. The number of nitrogens with two attached hydrogens (primary N) is 1. The van der Waals surface area contributed by atoms with Crippen molar-refractivity contribution in [3.63, 3.8) is 0 Å². The van der Waals surface area contributed by atoms with Crippen LogP contribution in [0.5, 0.6) is 0 Å². The Kier molecular flexibility index (Phi) is 6.54. The highest BCUT2D eigenvalue weighted by atomic mass is 19.1. The quantitative estimate of drug-likeness (QED) is 0.540. The van der Waals surface area contributed by atoms with Crippen LogP contribution in [-0.2, 0) is 4.79 Å². The lowest BCUT2D eigenvalue weighted by Crippen LogP contribution is -2.47. The van der Waals surface area contributed by atoms with Gasteiger partial charge >= 0.3 is 0 Å². The van der Waals surface area contributed by atoms with Gasteiger partial charge in [-0.05, 0) is 64.2 Å². The molecule has 3 aromatic rings. The Morgan fingerprint density at radius 1 is 1.21 bits per heavy atom. The summed E-state index contributed by atoms with van der Waals surface area (Å²) in [6.07, 6.45) is 8.38. The molecule has 3 heterocycles. The molecule has 3 N–H and O–H groups in total. The first-order valence-corrected chi connectivity index (χ1v) is 11.6. The predicted octanol–water partition coefficient (Wildman–Crippen LogP) is 3.60. The van der Waals surface area contributed by atoms with E-state index in [2.05, 4.69) is 34.1 Å². The van der Waals surface area contributed by atoms with Crippen molar-refractivity contribution in [3.05, 3.63) is 47.8 Å². The zero-order valence-corrected chi connectivity index (χ0v) is 20.0. The van der Waals surface area contributed by atoms with Gasteiger partial charge in [0.2, 0.25) is 11.9 Å². The van der Waals surface area contributed by atoms with Crippen LogP contribution in [0.15, 0.2) is 30.7 Å². The molecule has 1 saturated carbocycles. The van der Waals surface area contributed by atoms with Crippen molar-refractivity contribution >= 4 is 23.0 Å². The SMILES string of the molecule is CC(=O)NC1CCC(N(c2c(C(N)=O)cnn3cc(-c4cnc(F)cc4C)cc23)C(C)C)CC1. The summed E-state index contributed by atoms with van der Waals surface area (Å²) in [6, 6.07) is 3.80. The molecule has 0 bridgehead atoms. The van der Waals surface area contributed by atoms with Gasteiger partial charge in [0, 0.05) is 48.6 Å². The highest BCUT2D eigenvalue weighted by Crippen LogP contribution is 2.37. The molecule has 0 aromatic carbocycles. The zero-order chi connectivity index (χ0) is 24.6. The molecule has 0 aliphatic heterocycles. The first-order valence-electron chi connectivity index (χ1n) is 11.6.